The number of carboxylic acids is 1. The number of hydrogen-bond acceptors (Lipinski definition) is 5. The lowest BCUT2D eigenvalue weighted by Gasteiger charge is -2.14. The van der Waals surface area contributed by atoms with Crippen LogP contribution in [0, 0.1) is 6.92 Å². The fraction of sp³-hybridized carbons (Fsp3) is 0.200. The van der Waals surface area contributed by atoms with E-state index < -0.39 is 17.5 Å². The number of fused-ring (bicyclic) bond motifs is 1. The van der Waals surface area contributed by atoms with Crippen molar-refractivity contribution < 1.29 is 23.8 Å². The lowest BCUT2D eigenvalue weighted by atomic mass is 10.1. The van der Waals surface area contributed by atoms with Gasteiger partial charge in [0.05, 0.1) is 12.5 Å². The quantitative estimate of drug-likeness (QED) is 0.753. The Bertz CT molecular complexity index is 1020. The summed E-state index contributed by atoms with van der Waals surface area (Å²) in [5, 5.41) is 9.49. The van der Waals surface area contributed by atoms with Crippen molar-refractivity contribution in [1.29, 1.82) is 0 Å². The van der Waals surface area contributed by atoms with Crippen molar-refractivity contribution in [3.63, 3.8) is 0 Å². The van der Waals surface area contributed by atoms with Gasteiger partial charge in [0.15, 0.2) is 11.9 Å². The molecule has 1 N–H and O–H groups in total. The third kappa shape index (κ3) is 3.26. The number of aliphatic carboxylic acids is 1. The first-order valence-electron chi connectivity index (χ1n) is 8.02. The van der Waals surface area contributed by atoms with Crippen LogP contribution in [0.2, 0.25) is 0 Å². The highest BCUT2D eigenvalue weighted by atomic mass is 16.5. The van der Waals surface area contributed by atoms with E-state index in [1.165, 1.54) is 6.92 Å². The second kappa shape index (κ2) is 6.92. The highest BCUT2D eigenvalue weighted by molar-refractivity contribution is 5.83. The Kier molecular flexibility index (Phi) is 4.67. The van der Waals surface area contributed by atoms with E-state index in [0.717, 1.165) is 5.56 Å². The summed E-state index contributed by atoms with van der Waals surface area (Å²) in [5.41, 5.74) is 1.47. The van der Waals surface area contributed by atoms with Crippen LogP contribution in [0.15, 0.2) is 51.7 Å². The molecule has 0 saturated heterocycles. The molecule has 6 nitrogen and oxygen atoms in total. The van der Waals surface area contributed by atoms with Crippen molar-refractivity contribution >= 4 is 16.9 Å². The van der Waals surface area contributed by atoms with Crippen molar-refractivity contribution in [2.24, 2.45) is 0 Å². The molecule has 0 aliphatic heterocycles. The minimum absolute atomic E-state index is 0.122. The van der Waals surface area contributed by atoms with E-state index in [-0.39, 0.29) is 11.5 Å². The molecule has 0 radical (unpaired) electrons. The molecule has 6 heteroatoms. The zero-order valence-corrected chi connectivity index (χ0v) is 14.6. The van der Waals surface area contributed by atoms with Crippen molar-refractivity contribution in [2.45, 2.75) is 20.0 Å². The minimum Gasteiger partial charge on any atom is -0.497 e. The molecular formula is C20H18O6. The van der Waals surface area contributed by atoms with Crippen molar-refractivity contribution in [3.8, 4) is 22.8 Å². The second-order valence-corrected chi connectivity index (χ2v) is 5.92. The van der Waals surface area contributed by atoms with E-state index in [2.05, 4.69) is 0 Å². The Labute approximate surface area is 149 Å². The zero-order valence-electron chi connectivity index (χ0n) is 14.6. The van der Waals surface area contributed by atoms with Gasteiger partial charge in [0.25, 0.3) is 0 Å². The van der Waals surface area contributed by atoms with Gasteiger partial charge in [-0.2, -0.15) is 0 Å². The molecule has 134 valence electrons. The third-order valence-electron chi connectivity index (χ3n) is 4.00. The summed E-state index contributed by atoms with van der Waals surface area (Å²) >= 11 is 0. The molecule has 0 aliphatic rings. The molecule has 1 aromatic heterocycles. The molecule has 0 spiro atoms. The summed E-state index contributed by atoms with van der Waals surface area (Å²) in [7, 11) is 1.55. The van der Waals surface area contributed by atoms with Gasteiger partial charge in [-0.1, -0.05) is 11.6 Å². The molecule has 0 unspecified atom stereocenters. The number of benzene rings is 2. The van der Waals surface area contributed by atoms with Gasteiger partial charge in [0.2, 0.25) is 11.2 Å². The summed E-state index contributed by atoms with van der Waals surface area (Å²) in [6, 6.07) is 12.1. The molecule has 0 fully saturated rings. The molecule has 0 saturated carbocycles. The zero-order chi connectivity index (χ0) is 18.8. The maximum absolute atomic E-state index is 13.0. The summed E-state index contributed by atoms with van der Waals surface area (Å²) in [6.07, 6.45) is -1.20. The van der Waals surface area contributed by atoms with E-state index in [0.29, 0.717) is 22.3 Å². The van der Waals surface area contributed by atoms with Gasteiger partial charge < -0.3 is 19.0 Å². The number of aryl methyl sites for hydroxylation is 1. The normalized spacial score (nSPS) is 12.0. The molecule has 0 bridgehead atoms. The van der Waals surface area contributed by atoms with E-state index in [1.54, 1.807) is 43.5 Å². The van der Waals surface area contributed by atoms with Crippen molar-refractivity contribution in [3.05, 3.63) is 58.3 Å². The van der Waals surface area contributed by atoms with Crippen LogP contribution in [0.3, 0.4) is 0 Å². The summed E-state index contributed by atoms with van der Waals surface area (Å²) in [5.74, 6) is -0.464. The lowest BCUT2D eigenvalue weighted by Crippen LogP contribution is -2.26. The fourth-order valence-corrected chi connectivity index (χ4v) is 2.56. The average Bonchev–Trinajstić information content (AvgIpc) is 2.64. The molecule has 1 heterocycles. The monoisotopic (exact) mass is 354 g/mol. The Morgan fingerprint density at radius 3 is 2.46 bits per heavy atom. The Morgan fingerprint density at radius 2 is 1.85 bits per heavy atom. The molecule has 3 rings (SSSR count). The van der Waals surface area contributed by atoms with Gasteiger partial charge in [0, 0.05) is 5.56 Å². The largest absolute Gasteiger partial charge is 0.497 e. The van der Waals surface area contributed by atoms with E-state index in [9.17, 15) is 9.59 Å². The third-order valence-corrected chi connectivity index (χ3v) is 4.00. The highest BCUT2D eigenvalue weighted by Crippen LogP contribution is 2.32. The Balaban J connectivity index is 2.25. The van der Waals surface area contributed by atoms with Crippen LogP contribution in [-0.2, 0) is 4.79 Å². The Hall–Kier alpha value is -3.28. The molecule has 3 aromatic rings. The topological polar surface area (TPSA) is 86.0 Å². The number of carbonyl (C=O) groups is 1. The number of rotatable bonds is 5. The smallest absolute Gasteiger partial charge is 0.344 e. The van der Waals surface area contributed by atoms with E-state index in [4.69, 9.17) is 19.0 Å². The fourth-order valence-electron chi connectivity index (χ4n) is 2.56. The molecule has 26 heavy (non-hydrogen) atoms. The number of hydrogen-bond donors (Lipinski definition) is 1. The van der Waals surface area contributed by atoms with Crippen LogP contribution in [0.1, 0.15) is 12.5 Å². The van der Waals surface area contributed by atoms with Crippen LogP contribution in [0.5, 0.6) is 11.5 Å². The molecule has 2 aromatic carbocycles. The highest BCUT2D eigenvalue weighted by Gasteiger charge is 2.22. The predicted molar refractivity (Wildman–Crippen MR) is 96.9 cm³/mol. The molecule has 1 atom stereocenters. The van der Waals surface area contributed by atoms with Crippen LogP contribution in [0.25, 0.3) is 22.3 Å². The van der Waals surface area contributed by atoms with Gasteiger partial charge >= 0.3 is 5.97 Å². The standard InChI is InChI=1S/C20H18O6/c1-11-4-9-16-15(10-11)17(21)19(25-12(2)20(22)23)18(26-16)13-5-7-14(24-3)8-6-13/h4-10,12H,1-3H3,(H,22,23)/t12-/m1/s1. The van der Waals surface area contributed by atoms with Crippen molar-refractivity contribution in [2.75, 3.05) is 7.11 Å². The second-order valence-electron chi connectivity index (χ2n) is 5.92. The summed E-state index contributed by atoms with van der Waals surface area (Å²) in [6.45, 7) is 3.22. The van der Waals surface area contributed by atoms with Gasteiger partial charge in [0.1, 0.15) is 11.3 Å². The van der Waals surface area contributed by atoms with Gasteiger partial charge in [-0.15, -0.1) is 0 Å². The predicted octanol–water partition coefficient (Wildman–Crippen LogP) is 3.63. The van der Waals surface area contributed by atoms with Crippen LogP contribution in [-0.4, -0.2) is 24.3 Å². The van der Waals surface area contributed by atoms with Gasteiger partial charge in [-0.25, -0.2) is 4.79 Å². The van der Waals surface area contributed by atoms with Crippen LogP contribution < -0.4 is 14.9 Å². The first-order valence-corrected chi connectivity index (χ1v) is 8.02. The number of methoxy groups -OCH3 is 1. The molecule has 0 amide bonds. The first-order chi connectivity index (χ1) is 12.4. The number of carboxylic acid groups (broad SMARTS) is 1. The molecule has 0 aliphatic carbocycles. The average molecular weight is 354 g/mol. The summed E-state index contributed by atoms with van der Waals surface area (Å²) in [4.78, 5) is 24.1. The lowest BCUT2D eigenvalue weighted by molar-refractivity contribution is -0.144. The SMILES string of the molecule is COc1ccc(-c2oc3ccc(C)cc3c(=O)c2O[C@H](C)C(=O)O)cc1. The maximum atomic E-state index is 13.0. The summed E-state index contributed by atoms with van der Waals surface area (Å²) < 4.78 is 16.5. The van der Waals surface area contributed by atoms with Crippen LogP contribution >= 0.6 is 0 Å². The minimum atomic E-state index is -1.20. The van der Waals surface area contributed by atoms with Gasteiger partial charge in [-0.3, -0.25) is 4.79 Å². The van der Waals surface area contributed by atoms with E-state index >= 15 is 0 Å². The Morgan fingerprint density at radius 1 is 1.15 bits per heavy atom. The maximum Gasteiger partial charge on any atom is 0.344 e. The van der Waals surface area contributed by atoms with Crippen molar-refractivity contribution in [1.82, 2.24) is 0 Å². The van der Waals surface area contributed by atoms with Gasteiger partial charge in [-0.05, 0) is 50.2 Å². The van der Waals surface area contributed by atoms with Crippen LogP contribution in [0.4, 0.5) is 0 Å². The molecular weight excluding hydrogens is 336 g/mol. The first kappa shape index (κ1) is 17.5. The van der Waals surface area contributed by atoms with E-state index in [1.807, 2.05) is 13.0 Å². The number of ether oxygens (including phenoxy) is 2.